The molecule has 0 saturated carbocycles. The molecule has 2 N–H and O–H groups in total. The summed E-state index contributed by atoms with van der Waals surface area (Å²) in [6.45, 7) is 5.59. The van der Waals surface area contributed by atoms with E-state index < -0.39 is 6.10 Å². The molecule has 1 atom stereocenters. The van der Waals surface area contributed by atoms with Gasteiger partial charge in [0.15, 0.2) is 0 Å². The van der Waals surface area contributed by atoms with Crippen LogP contribution in [0.15, 0.2) is 48.5 Å². The van der Waals surface area contributed by atoms with Gasteiger partial charge in [0.2, 0.25) is 5.62 Å². The molecule has 0 aliphatic rings. The number of para-hydroxylation sites is 2. The number of aryl methyl sites for hydroxylation is 2. The van der Waals surface area contributed by atoms with E-state index in [1.165, 1.54) is 19.3 Å². The van der Waals surface area contributed by atoms with Crippen molar-refractivity contribution >= 4 is 11.0 Å². The fraction of sp³-hybridized carbons (Fsp3) is 0.435. The van der Waals surface area contributed by atoms with Gasteiger partial charge in [0, 0.05) is 6.54 Å². The number of aromatic nitrogens is 2. The van der Waals surface area contributed by atoms with Crippen molar-refractivity contribution in [2.24, 2.45) is 0 Å². The Labute approximate surface area is 166 Å². The van der Waals surface area contributed by atoms with Crippen LogP contribution in [0.2, 0.25) is 0 Å². The average molecular weight is 382 g/mol. The lowest BCUT2D eigenvalue weighted by Gasteiger charge is -2.14. The highest BCUT2D eigenvalue weighted by Gasteiger charge is 2.14. The number of nitrogens with zero attached hydrogens (tertiary/aromatic N) is 2. The second-order valence-corrected chi connectivity index (χ2v) is 7.42. The van der Waals surface area contributed by atoms with E-state index in [0.29, 0.717) is 12.2 Å². The third-order valence-corrected chi connectivity index (χ3v) is 5.04. The predicted octanol–water partition coefficient (Wildman–Crippen LogP) is 4.25. The van der Waals surface area contributed by atoms with Crippen molar-refractivity contribution in [1.82, 2.24) is 9.13 Å². The Bertz CT molecular complexity index is 958. The van der Waals surface area contributed by atoms with E-state index in [2.05, 4.69) is 17.6 Å². The number of unbranched alkanes of at least 4 members (excludes halogenated alkanes) is 3. The van der Waals surface area contributed by atoms with Crippen molar-refractivity contribution in [3.63, 3.8) is 0 Å². The van der Waals surface area contributed by atoms with Gasteiger partial charge in [-0.1, -0.05) is 50.5 Å². The van der Waals surface area contributed by atoms with Gasteiger partial charge >= 0.3 is 0 Å². The molecule has 1 unspecified atom stereocenters. The number of fused-ring (bicyclic) bond motifs is 1. The number of aliphatic hydroxyl groups is 1. The van der Waals surface area contributed by atoms with Crippen LogP contribution in [0, 0.1) is 12.3 Å². The number of benzene rings is 2. The molecule has 0 bridgehead atoms. The summed E-state index contributed by atoms with van der Waals surface area (Å²) in [7, 11) is 0. The summed E-state index contributed by atoms with van der Waals surface area (Å²) in [5, 5.41) is 19.2. The second kappa shape index (κ2) is 9.60. The average Bonchev–Trinajstić information content (AvgIpc) is 2.95. The van der Waals surface area contributed by atoms with Gasteiger partial charge < -0.3 is 19.0 Å². The third-order valence-electron chi connectivity index (χ3n) is 5.04. The largest absolute Gasteiger partial charge is 0.491 e. The fourth-order valence-electron chi connectivity index (χ4n) is 3.56. The molecule has 3 aromatic rings. The maximum absolute atomic E-state index is 10.5. The number of hydrogen-bond acceptors (Lipinski definition) is 3. The molecular weight excluding hydrogens is 350 g/mol. The maximum atomic E-state index is 10.5. The number of aliphatic hydroxyl groups excluding tert-OH is 1. The van der Waals surface area contributed by atoms with Gasteiger partial charge in [-0.15, -0.1) is 0 Å². The Morgan fingerprint density at radius 3 is 2.46 bits per heavy atom. The number of imidazole rings is 1. The third kappa shape index (κ3) is 4.84. The quantitative estimate of drug-likeness (QED) is 0.516. The van der Waals surface area contributed by atoms with Crippen LogP contribution in [-0.2, 0) is 13.1 Å². The SMILES string of the molecule is CCCCCCn1c(=N)n(CC(O)COc2cccc(C)c2)c2ccccc21. The van der Waals surface area contributed by atoms with E-state index in [1.807, 2.05) is 54.0 Å². The predicted molar refractivity (Wildman–Crippen MR) is 113 cm³/mol. The van der Waals surface area contributed by atoms with Crippen LogP contribution in [0.4, 0.5) is 0 Å². The lowest BCUT2D eigenvalue weighted by atomic mass is 10.2. The summed E-state index contributed by atoms with van der Waals surface area (Å²) < 4.78 is 9.68. The molecule has 1 aromatic heterocycles. The van der Waals surface area contributed by atoms with Gasteiger partial charge in [0.25, 0.3) is 0 Å². The first kappa shape index (κ1) is 20.2. The molecule has 3 rings (SSSR count). The molecular formula is C23H31N3O2. The lowest BCUT2D eigenvalue weighted by Crippen LogP contribution is -2.31. The molecule has 0 aliphatic heterocycles. The van der Waals surface area contributed by atoms with E-state index >= 15 is 0 Å². The standard InChI is InChI=1S/C23H31N3O2/c1-3-4-5-8-14-25-21-12-6-7-13-22(21)26(23(25)24)16-19(27)17-28-20-11-9-10-18(2)15-20/h6-7,9-13,15,19,24,27H,3-5,8,14,16-17H2,1-2H3. The molecule has 5 heteroatoms. The molecule has 0 amide bonds. The monoisotopic (exact) mass is 381 g/mol. The highest BCUT2D eigenvalue weighted by molar-refractivity contribution is 5.75. The van der Waals surface area contributed by atoms with Crippen LogP contribution in [0.25, 0.3) is 11.0 Å². The van der Waals surface area contributed by atoms with Crippen LogP contribution in [0.1, 0.15) is 38.2 Å². The number of nitrogens with one attached hydrogen (secondary N) is 1. The summed E-state index contributed by atoms with van der Waals surface area (Å²) in [6, 6.07) is 15.9. The van der Waals surface area contributed by atoms with E-state index in [0.717, 1.165) is 35.3 Å². The molecule has 0 radical (unpaired) electrons. The molecule has 0 saturated heterocycles. The van der Waals surface area contributed by atoms with Crippen LogP contribution >= 0.6 is 0 Å². The minimum Gasteiger partial charge on any atom is -0.491 e. The summed E-state index contributed by atoms with van der Waals surface area (Å²) in [5.41, 5.74) is 3.60. The highest BCUT2D eigenvalue weighted by Crippen LogP contribution is 2.16. The van der Waals surface area contributed by atoms with Crippen LogP contribution < -0.4 is 10.4 Å². The molecule has 150 valence electrons. The second-order valence-electron chi connectivity index (χ2n) is 7.42. The zero-order chi connectivity index (χ0) is 19.9. The van der Waals surface area contributed by atoms with Crippen molar-refractivity contribution in [1.29, 1.82) is 5.41 Å². The van der Waals surface area contributed by atoms with Gasteiger partial charge in [-0.2, -0.15) is 0 Å². The Balaban J connectivity index is 1.73. The zero-order valence-corrected chi connectivity index (χ0v) is 16.9. The maximum Gasteiger partial charge on any atom is 0.203 e. The van der Waals surface area contributed by atoms with Crippen molar-refractivity contribution in [2.75, 3.05) is 6.61 Å². The van der Waals surface area contributed by atoms with Gasteiger partial charge in [0.1, 0.15) is 18.5 Å². The Morgan fingerprint density at radius 1 is 1.00 bits per heavy atom. The Kier molecular flexibility index (Phi) is 6.93. The number of ether oxygens (including phenoxy) is 1. The van der Waals surface area contributed by atoms with Crippen LogP contribution in [0.5, 0.6) is 5.75 Å². The summed E-state index contributed by atoms with van der Waals surface area (Å²) >= 11 is 0. The smallest absolute Gasteiger partial charge is 0.203 e. The van der Waals surface area contributed by atoms with Gasteiger partial charge in [0.05, 0.1) is 17.6 Å². The lowest BCUT2D eigenvalue weighted by molar-refractivity contribution is 0.0920. The minimum atomic E-state index is -0.686. The van der Waals surface area contributed by atoms with E-state index in [4.69, 9.17) is 10.1 Å². The van der Waals surface area contributed by atoms with Gasteiger partial charge in [-0.3, -0.25) is 5.41 Å². The molecule has 0 spiro atoms. The molecule has 0 aliphatic carbocycles. The van der Waals surface area contributed by atoms with Gasteiger partial charge in [-0.25, -0.2) is 0 Å². The summed E-state index contributed by atoms with van der Waals surface area (Å²) in [5.74, 6) is 0.758. The van der Waals surface area contributed by atoms with E-state index in [1.54, 1.807) is 0 Å². The Hall–Kier alpha value is -2.53. The summed E-state index contributed by atoms with van der Waals surface area (Å²) in [6.07, 6.45) is 3.98. The van der Waals surface area contributed by atoms with Crippen molar-refractivity contribution in [3.05, 3.63) is 59.7 Å². The minimum absolute atomic E-state index is 0.200. The molecule has 2 aromatic carbocycles. The molecule has 0 fully saturated rings. The van der Waals surface area contributed by atoms with Crippen molar-refractivity contribution in [2.45, 2.75) is 58.7 Å². The van der Waals surface area contributed by atoms with Gasteiger partial charge in [-0.05, 0) is 43.2 Å². The van der Waals surface area contributed by atoms with Crippen molar-refractivity contribution in [3.8, 4) is 5.75 Å². The van der Waals surface area contributed by atoms with Crippen LogP contribution in [0.3, 0.4) is 0 Å². The Morgan fingerprint density at radius 2 is 1.75 bits per heavy atom. The zero-order valence-electron chi connectivity index (χ0n) is 16.9. The first-order chi connectivity index (χ1) is 13.6. The fourth-order valence-corrected chi connectivity index (χ4v) is 3.56. The normalized spacial score (nSPS) is 12.4. The summed E-state index contributed by atoms with van der Waals surface area (Å²) in [4.78, 5) is 0. The molecule has 5 nitrogen and oxygen atoms in total. The topological polar surface area (TPSA) is 63.2 Å². The molecule has 1 heterocycles. The number of hydrogen-bond donors (Lipinski definition) is 2. The van der Waals surface area contributed by atoms with Crippen molar-refractivity contribution < 1.29 is 9.84 Å². The van der Waals surface area contributed by atoms with E-state index in [9.17, 15) is 5.11 Å². The molecule has 28 heavy (non-hydrogen) atoms. The first-order valence-corrected chi connectivity index (χ1v) is 10.2. The number of rotatable bonds is 10. The first-order valence-electron chi connectivity index (χ1n) is 10.2. The van der Waals surface area contributed by atoms with E-state index in [-0.39, 0.29) is 6.61 Å². The highest BCUT2D eigenvalue weighted by atomic mass is 16.5. The van der Waals surface area contributed by atoms with Crippen LogP contribution in [-0.4, -0.2) is 27.0 Å².